The van der Waals surface area contributed by atoms with Crippen LogP contribution in [0.4, 0.5) is 4.39 Å². The fourth-order valence-corrected chi connectivity index (χ4v) is 3.17. The van der Waals surface area contributed by atoms with Crippen molar-refractivity contribution in [1.29, 1.82) is 0 Å². The molecule has 0 aliphatic heterocycles. The molecule has 1 fully saturated rings. The zero-order chi connectivity index (χ0) is 14.8. The smallest absolute Gasteiger partial charge is 0.136 e. The lowest BCUT2D eigenvalue weighted by Gasteiger charge is -2.53. The highest BCUT2D eigenvalue weighted by Crippen LogP contribution is 2.46. The number of ether oxygens (including phenoxy) is 1. The van der Waals surface area contributed by atoms with Gasteiger partial charge >= 0.3 is 0 Å². The van der Waals surface area contributed by atoms with E-state index >= 15 is 0 Å². The Balaban J connectivity index is 2.05. The topological polar surface area (TPSA) is 21.3 Å². The highest BCUT2D eigenvalue weighted by Gasteiger charge is 2.51. The van der Waals surface area contributed by atoms with E-state index in [-0.39, 0.29) is 17.3 Å². The Bertz CT molecular complexity index is 468. The van der Waals surface area contributed by atoms with Crippen LogP contribution in [0.5, 0.6) is 5.75 Å². The van der Waals surface area contributed by atoms with E-state index in [9.17, 15) is 4.39 Å². The molecule has 0 heterocycles. The molecule has 1 aliphatic carbocycles. The number of hydrogen-bond acceptors (Lipinski definition) is 2. The van der Waals surface area contributed by atoms with Gasteiger partial charge in [0.2, 0.25) is 0 Å². The van der Waals surface area contributed by atoms with Crippen LogP contribution >= 0.6 is 15.9 Å². The van der Waals surface area contributed by atoms with Crippen LogP contribution in [-0.4, -0.2) is 18.7 Å². The molecule has 0 radical (unpaired) electrons. The third kappa shape index (κ3) is 3.01. The van der Waals surface area contributed by atoms with Crippen molar-refractivity contribution in [2.45, 2.75) is 52.2 Å². The predicted octanol–water partition coefficient (Wildman–Crippen LogP) is 4.52. The molecule has 1 saturated carbocycles. The summed E-state index contributed by atoms with van der Waals surface area (Å²) in [6.07, 6.45) is 3.30. The van der Waals surface area contributed by atoms with Gasteiger partial charge in [0.1, 0.15) is 17.7 Å². The highest BCUT2D eigenvalue weighted by atomic mass is 79.9. The van der Waals surface area contributed by atoms with E-state index in [0.717, 1.165) is 30.3 Å². The second-order valence-corrected chi connectivity index (χ2v) is 6.64. The van der Waals surface area contributed by atoms with Crippen molar-refractivity contribution in [3.05, 3.63) is 28.5 Å². The summed E-state index contributed by atoms with van der Waals surface area (Å²) in [5.41, 5.74) is 0.112. The summed E-state index contributed by atoms with van der Waals surface area (Å²) in [7, 11) is 0. The lowest BCUT2D eigenvalue weighted by Crippen LogP contribution is -2.63. The summed E-state index contributed by atoms with van der Waals surface area (Å²) in [6, 6.07) is 5.07. The van der Waals surface area contributed by atoms with Gasteiger partial charge in [0.05, 0.1) is 4.47 Å². The van der Waals surface area contributed by atoms with Crippen molar-refractivity contribution in [2.24, 2.45) is 5.41 Å². The number of rotatable bonds is 6. The fourth-order valence-electron chi connectivity index (χ4n) is 2.83. The molecule has 0 aromatic heterocycles. The van der Waals surface area contributed by atoms with Crippen molar-refractivity contribution in [1.82, 2.24) is 5.32 Å². The third-order valence-corrected chi connectivity index (χ3v) is 5.20. The quantitative estimate of drug-likeness (QED) is 0.819. The van der Waals surface area contributed by atoms with Crippen molar-refractivity contribution in [3.8, 4) is 5.75 Å². The van der Waals surface area contributed by atoms with Crippen LogP contribution in [0.15, 0.2) is 22.7 Å². The van der Waals surface area contributed by atoms with Crippen molar-refractivity contribution >= 4 is 15.9 Å². The molecular formula is C16H23BrFNO. The first kappa shape index (κ1) is 15.8. The Labute approximate surface area is 129 Å². The first-order chi connectivity index (χ1) is 9.51. The van der Waals surface area contributed by atoms with Crippen LogP contribution in [0.1, 0.15) is 40.0 Å². The van der Waals surface area contributed by atoms with E-state index in [4.69, 9.17) is 4.74 Å². The second-order valence-electron chi connectivity index (χ2n) is 5.78. The Kier molecular flexibility index (Phi) is 5.08. The minimum Gasteiger partial charge on any atom is -0.488 e. The Hall–Kier alpha value is -0.610. The minimum absolute atomic E-state index is 0.112. The summed E-state index contributed by atoms with van der Waals surface area (Å²) in [5, 5.41) is 3.59. The number of halogens is 2. The predicted molar refractivity (Wildman–Crippen MR) is 83.6 cm³/mol. The van der Waals surface area contributed by atoms with Crippen LogP contribution in [0, 0.1) is 11.2 Å². The zero-order valence-corrected chi connectivity index (χ0v) is 14.0. The molecule has 112 valence electrons. The maximum atomic E-state index is 13.3. The molecule has 20 heavy (non-hydrogen) atoms. The third-order valence-electron chi connectivity index (χ3n) is 4.55. The highest BCUT2D eigenvalue weighted by molar-refractivity contribution is 9.10. The van der Waals surface area contributed by atoms with Crippen molar-refractivity contribution in [2.75, 3.05) is 6.54 Å². The zero-order valence-electron chi connectivity index (χ0n) is 12.4. The van der Waals surface area contributed by atoms with E-state index in [1.807, 2.05) is 0 Å². The van der Waals surface area contributed by atoms with Gasteiger partial charge in [-0.1, -0.05) is 20.8 Å². The molecule has 4 heteroatoms. The van der Waals surface area contributed by atoms with Gasteiger partial charge in [-0.2, -0.15) is 0 Å². The van der Waals surface area contributed by atoms with E-state index in [1.165, 1.54) is 12.1 Å². The maximum absolute atomic E-state index is 13.3. The average molecular weight is 344 g/mol. The Morgan fingerprint density at radius 3 is 2.85 bits per heavy atom. The molecule has 0 spiro atoms. The maximum Gasteiger partial charge on any atom is 0.136 e. The summed E-state index contributed by atoms with van der Waals surface area (Å²) in [4.78, 5) is 0. The molecule has 1 aliphatic rings. The summed E-state index contributed by atoms with van der Waals surface area (Å²) in [5.74, 6) is 0.338. The Morgan fingerprint density at radius 2 is 2.20 bits per heavy atom. The van der Waals surface area contributed by atoms with Gasteiger partial charge in [-0.05, 0) is 47.4 Å². The molecule has 0 bridgehead atoms. The molecule has 3 atom stereocenters. The standard InChI is InChI=1S/C16H23BrFNO/c1-4-8-19-14-10-15(16(14,3)5-2)20-13-9-11(18)6-7-12(13)17/h6-7,9,14-15,19H,4-5,8,10H2,1-3H3. The first-order valence-electron chi connectivity index (χ1n) is 7.36. The van der Waals surface area contributed by atoms with Crippen LogP contribution in [0.25, 0.3) is 0 Å². The van der Waals surface area contributed by atoms with Crippen LogP contribution in [0.2, 0.25) is 0 Å². The van der Waals surface area contributed by atoms with Crippen molar-refractivity contribution in [3.63, 3.8) is 0 Å². The second kappa shape index (κ2) is 6.44. The van der Waals surface area contributed by atoms with Gasteiger partial charge in [-0.25, -0.2) is 4.39 Å². The molecule has 2 nitrogen and oxygen atoms in total. The van der Waals surface area contributed by atoms with Gasteiger partial charge in [-0.3, -0.25) is 0 Å². The minimum atomic E-state index is -0.263. The molecule has 0 saturated heterocycles. The summed E-state index contributed by atoms with van der Waals surface area (Å²) in [6.45, 7) is 7.65. The molecule has 0 amide bonds. The summed E-state index contributed by atoms with van der Waals surface area (Å²) < 4.78 is 20.2. The molecule has 2 rings (SSSR count). The van der Waals surface area contributed by atoms with E-state index < -0.39 is 0 Å². The van der Waals surface area contributed by atoms with Crippen LogP contribution in [0.3, 0.4) is 0 Å². The largest absolute Gasteiger partial charge is 0.488 e. The molecule has 1 N–H and O–H groups in total. The molecular weight excluding hydrogens is 321 g/mol. The van der Waals surface area contributed by atoms with Gasteiger partial charge in [0.15, 0.2) is 0 Å². The molecule has 3 unspecified atom stereocenters. The fraction of sp³-hybridized carbons (Fsp3) is 0.625. The normalized spacial score (nSPS) is 29.1. The Morgan fingerprint density at radius 1 is 1.45 bits per heavy atom. The van der Waals surface area contributed by atoms with Crippen molar-refractivity contribution < 1.29 is 9.13 Å². The van der Waals surface area contributed by atoms with Gasteiger partial charge < -0.3 is 10.1 Å². The first-order valence-corrected chi connectivity index (χ1v) is 8.15. The average Bonchev–Trinajstić information content (AvgIpc) is 2.44. The van der Waals surface area contributed by atoms with Crippen LogP contribution < -0.4 is 10.1 Å². The van der Waals surface area contributed by atoms with Gasteiger partial charge in [0, 0.05) is 23.9 Å². The SMILES string of the molecule is CCCNC1CC(Oc2cc(F)ccc2Br)C1(C)CC. The van der Waals surface area contributed by atoms with E-state index in [1.54, 1.807) is 6.07 Å². The van der Waals surface area contributed by atoms with Gasteiger partial charge in [-0.15, -0.1) is 0 Å². The lowest BCUT2D eigenvalue weighted by molar-refractivity contribution is -0.0705. The lowest BCUT2D eigenvalue weighted by atomic mass is 9.61. The van der Waals surface area contributed by atoms with E-state index in [0.29, 0.717) is 11.8 Å². The number of benzene rings is 1. The van der Waals surface area contributed by atoms with E-state index in [2.05, 4.69) is 42.0 Å². The van der Waals surface area contributed by atoms with Gasteiger partial charge in [0.25, 0.3) is 0 Å². The van der Waals surface area contributed by atoms with Crippen LogP contribution in [-0.2, 0) is 0 Å². The molecule has 1 aromatic carbocycles. The summed E-state index contributed by atoms with van der Waals surface area (Å²) >= 11 is 3.42. The number of nitrogens with one attached hydrogen (secondary N) is 1. The monoisotopic (exact) mass is 343 g/mol. The molecule has 1 aromatic rings. The number of hydrogen-bond donors (Lipinski definition) is 1.